The van der Waals surface area contributed by atoms with E-state index in [2.05, 4.69) is 9.97 Å². The molecule has 1 aromatic heterocycles. The second-order valence-corrected chi connectivity index (χ2v) is 4.55. The molecule has 1 saturated heterocycles. The summed E-state index contributed by atoms with van der Waals surface area (Å²) in [5.41, 5.74) is 0.311. The van der Waals surface area contributed by atoms with Crippen molar-refractivity contribution in [2.45, 2.75) is 0 Å². The molecule has 2 heterocycles. The second kappa shape index (κ2) is 7.04. The van der Waals surface area contributed by atoms with E-state index in [-0.39, 0.29) is 18.4 Å². The molecule has 1 aliphatic heterocycles. The second-order valence-electron chi connectivity index (χ2n) is 4.17. The number of hydrogen-bond acceptors (Lipinski definition) is 5. The van der Waals surface area contributed by atoms with Gasteiger partial charge in [0, 0.05) is 38.6 Å². The van der Waals surface area contributed by atoms with Crippen molar-refractivity contribution in [3.05, 3.63) is 24.3 Å². The van der Waals surface area contributed by atoms with Gasteiger partial charge in [0.15, 0.2) is 0 Å². The Kier molecular flexibility index (Phi) is 5.11. The van der Waals surface area contributed by atoms with E-state index >= 15 is 0 Å². The van der Waals surface area contributed by atoms with Gasteiger partial charge in [0.25, 0.3) is 5.91 Å². The predicted molar refractivity (Wildman–Crippen MR) is 71.6 cm³/mol. The molecule has 108 valence electrons. The van der Waals surface area contributed by atoms with E-state index in [0.29, 0.717) is 31.9 Å². The van der Waals surface area contributed by atoms with E-state index in [0.717, 1.165) is 0 Å². The summed E-state index contributed by atoms with van der Waals surface area (Å²) >= 11 is 5.46. The van der Waals surface area contributed by atoms with Crippen molar-refractivity contribution in [2.75, 3.05) is 38.7 Å². The van der Waals surface area contributed by atoms with Crippen LogP contribution < -0.4 is 0 Å². The van der Waals surface area contributed by atoms with E-state index in [1.54, 1.807) is 9.80 Å². The fourth-order valence-electron chi connectivity index (χ4n) is 1.88. The van der Waals surface area contributed by atoms with Crippen LogP contribution in [0, 0.1) is 0 Å². The Bertz CT molecular complexity index is 463. The normalized spacial score (nSPS) is 15.1. The molecule has 8 heteroatoms. The standard InChI is InChI=1S/C12H15ClN4O3/c13-1-8-20-12(19)17-6-4-16(5-7-17)11(18)10-9-14-2-3-15-10/h2-3,9H,1,4-8H2. The maximum atomic E-state index is 12.1. The van der Waals surface area contributed by atoms with Crippen LogP contribution in [0.5, 0.6) is 0 Å². The first-order valence-electron chi connectivity index (χ1n) is 6.25. The van der Waals surface area contributed by atoms with Crippen LogP contribution in [0.25, 0.3) is 0 Å². The quantitative estimate of drug-likeness (QED) is 0.764. The van der Waals surface area contributed by atoms with Gasteiger partial charge in [-0.25, -0.2) is 9.78 Å². The highest BCUT2D eigenvalue weighted by atomic mass is 35.5. The number of ether oxygens (including phenoxy) is 1. The highest BCUT2D eigenvalue weighted by Gasteiger charge is 2.26. The van der Waals surface area contributed by atoms with Crippen molar-refractivity contribution in [3.8, 4) is 0 Å². The monoisotopic (exact) mass is 298 g/mol. The molecule has 1 aliphatic rings. The lowest BCUT2D eigenvalue weighted by Crippen LogP contribution is -2.51. The first kappa shape index (κ1) is 14.5. The maximum absolute atomic E-state index is 12.1. The Labute approximate surface area is 121 Å². The number of amides is 2. The molecule has 20 heavy (non-hydrogen) atoms. The van der Waals surface area contributed by atoms with Crippen LogP contribution in [0.3, 0.4) is 0 Å². The average Bonchev–Trinajstić information content (AvgIpc) is 2.53. The minimum absolute atomic E-state index is 0.174. The molecule has 0 N–H and O–H groups in total. The first-order valence-corrected chi connectivity index (χ1v) is 6.79. The van der Waals surface area contributed by atoms with E-state index in [1.165, 1.54) is 18.6 Å². The molecule has 0 unspecified atom stereocenters. The van der Waals surface area contributed by atoms with Crippen molar-refractivity contribution >= 4 is 23.6 Å². The van der Waals surface area contributed by atoms with Gasteiger partial charge in [-0.05, 0) is 0 Å². The number of piperazine rings is 1. The van der Waals surface area contributed by atoms with Gasteiger partial charge >= 0.3 is 6.09 Å². The highest BCUT2D eigenvalue weighted by molar-refractivity contribution is 6.18. The minimum atomic E-state index is -0.391. The smallest absolute Gasteiger partial charge is 0.409 e. The summed E-state index contributed by atoms with van der Waals surface area (Å²) < 4.78 is 4.94. The van der Waals surface area contributed by atoms with E-state index in [9.17, 15) is 9.59 Å². The van der Waals surface area contributed by atoms with Crippen molar-refractivity contribution < 1.29 is 14.3 Å². The lowest BCUT2D eigenvalue weighted by atomic mass is 10.3. The maximum Gasteiger partial charge on any atom is 0.409 e. The van der Waals surface area contributed by atoms with Crippen LogP contribution in [0.1, 0.15) is 10.5 Å². The highest BCUT2D eigenvalue weighted by Crippen LogP contribution is 2.07. The van der Waals surface area contributed by atoms with Crippen molar-refractivity contribution in [2.24, 2.45) is 0 Å². The molecule has 0 atom stereocenters. The molecule has 7 nitrogen and oxygen atoms in total. The summed E-state index contributed by atoms with van der Waals surface area (Å²) in [4.78, 5) is 34.8. The number of carbonyl (C=O) groups is 2. The number of aromatic nitrogens is 2. The Morgan fingerprint density at radius 1 is 1.20 bits per heavy atom. The molecular weight excluding hydrogens is 284 g/mol. The van der Waals surface area contributed by atoms with E-state index in [4.69, 9.17) is 16.3 Å². The average molecular weight is 299 g/mol. The number of rotatable bonds is 3. The van der Waals surface area contributed by atoms with Crippen LogP contribution in [-0.4, -0.2) is 70.4 Å². The molecule has 0 radical (unpaired) electrons. The molecule has 0 aliphatic carbocycles. The Hall–Kier alpha value is -1.89. The van der Waals surface area contributed by atoms with Gasteiger partial charge in [-0.2, -0.15) is 0 Å². The molecular formula is C12H15ClN4O3. The van der Waals surface area contributed by atoms with Gasteiger partial charge in [0.1, 0.15) is 12.3 Å². The van der Waals surface area contributed by atoms with E-state index < -0.39 is 6.09 Å². The molecule has 0 aromatic carbocycles. The first-order chi connectivity index (χ1) is 9.72. The van der Waals surface area contributed by atoms with Crippen LogP contribution in [0.4, 0.5) is 4.79 Å². The fourth-order valence-corrected chi connectivity index (χ4v) is 1.96. The molecule has 1 fully saturated rings. The molecule has 2 amide bonds. The van der Waals surface area contributed by atoms with Gasteiger partial charge in [-0.3, -0.25) is 9.78 Å². The summed E-state index contributed by atoms with van der Waals surface area (Å²) in [7, 11) is 0. The zero-order chi connectivity index (χ0) is 14.4. The summed E-state index contributed by atoms with van der Waals surface area (Å²) in [5.74, 6) is 0.100. The SMILES string of the molecule is O=C(OCCCl)N1CCN(C(=O)c2cnccn2)CC1. The third kappa shape index (κ3) is 3.57. The van der Waals surface area contributed by atoms with Crippen molar-refractivity contribution in [1.82, 2.24) is 19.8 Å². The molecule has 0 spiro atoms. The van der Waals surface area contributed by atoms with Gasteiger partial charge < -0.3 is 14.5 Å². The number of nitrogens with zero attached hydrogens (tertiary/aromatic N) is 4. The van der Waals surface area contributed by atoms with Gasteiger partial charge in [-0.1, -0.05) is 0 Å². The topological polar surface area (TPSA) is 75.6 Å². The minimum Gasteiger partial charge on any atom is -0.448 e. The van der Waals surface area contributed by atoms with Crippen LogP contribution in [0.15, 0.2) is 18.6 Å². The lowest BCUT2D eigenvalue weighted by Gasteiger charge is -2.33. The largest absolute Gasteiger partial charge is 0.448 e. The Balaban J connectivity index is 1.85. The van der Waals surface area contributed by atoms with Crippen molar-refractivity contribution in [3.63, 3.8) is 0 Å². The third-order valence-corrected chi connectivity index (χ3v) is 3.06. The summed E-state index contributed by atoms with van der Waals surface area (Å²) in [6, 6.07) is 0. The predicted octanol–water partition coefficient (Wildman–Crippen LogP) is 0.610. The molecule has 1 aromatic rings. The molecule has 0 bridgehead atoms. The number of halogens is 1. The summed E-state index contributed by atoms with van der Waals surface area (Å²) in [5, 5.41) is 0. The number of hydrogen-bond donors (Lipinski definition) is 0. The van der Waals surface area contributed by atoms with E-state index in [1.807, 2.05) is 0 Å². The molecule has 0 saturated carbocycles. The van der Waals surface area contributed by atoms with Crippen LogP contribution in [0.2, 0.25) is 0 Å². The molecule has 2 rings (SSSR count). The Morgan fingerprint density at radius 3 is 2.50 bits per heavy atom. The van der Waals surface area contributed by atoms with Gasteiger partial charge in [0.05, 0.1) is 12.1 Å². The van der Waals surface area contributed by atoms with Crippen molar-refractivity contribution in [1.29, 1.82) is 0 Å². The fraction of sp³-hybridized carbons (Fsp3) is 0.500. The zero-order valence-corrected chi connectivity index (χ0v) is 11.6. The number of carbonyl (C=O) groups excluding carboxylic acids is 2. The summed E-state index contributed by atoms with van der Waals surface area (Å²) in [6.45, 7) is 1.97. The third-order valence-electron chi connectivity index (χ3n) is 2.91. The number of alkyl halides is 1. The lowest BCUT2D eigenvalue weighted by molar-refractivity contribution is 0.0567. The van der Waals surface area contributed by atoms with Gasteiger partial charge in [-0.15, -0.1) is 11.6 Å². The zero-order valence-electron chi connectivity index (χ0n) is 10.9. The summed E-state index contributed by atoms with van der Waals surface area (Å²) in [6.07, 6.45) is 4.04. The Morgan fingerprint density at radius 2 is 1.90 bits per heavy atom. The van der Waals surface area contributed by atoms with Crippen LogP contribution >= 0.6 is 11.6 Å². The van der Waals surface area contributed by atoms with Crippen LogP contribution in [-0.2, 0) is 4.74 Å². The van der Waals surface area contributed by atoms with Gasteiger partial charge in [0.2, 0.25) is 0 Å².